The summed E-state index contributed by atoms with van der Waals surface area (Å²) in [7, 11) is 0. The summed E-state index contributed by atoms with van der Waals surface area (Å²) in [5, 5.41) is 11.1. The van der Waals surface area contributed by atoms with E-state index in [0.29, 0.717) is 0 Å². The fraction of sp³-hybridized carbons (Fsp3) is 0.875. The molecular formula is C8H14F3NO3. The van der Waals surface area contributed by atoms with E-state index in [4.69, 9.17) is 5.11 Å². The molecule has 0 aromatic heterocycles. The van der Waals surface area contributed by atoms with Gasteiger partial charge in [0.05, 0.1) is 12.7 Å². The highest BCUT2D eigenvalue weighted by Crippen LogP contribution is 2.14. The predicted molar refractivity (Wildman–Crippen MR) is 46.2 cm³/mol. The van der Waals surface area contributed by atoms with E-state index < -0.39 is 24.8 Å². The molecule has 0 spiro atoms. The maximum Gasteiger partial charge on any atom is 0.411 e. The van der Waals surface area contributed by atoms with Crippen LogP contribution in [0.2, 0.25) is 0 Å². The highest BCUT2D eigenvalue weighted by Gasteiger charge is 2.27. The van der Waals surface area contributed by atoms with E-state index in [0.717, 1.165) is 0 Å². The van der Waals surface area contributed by atoms with Crippen molar-refractivity contribution in [3.05, 3.63) is 0 Å². The second-order valence-electron chi connectivity index (χ2n) is 3.07. The van der Waals surface area contributed by atoms with Crippen LogP contribution in [-0.4, -0.2) is 43.1 Å². The van der Waals surface area contributed by atoms with Crippen LogP contribution in [0.5, 0.6) is 0 Å². The Morgan fingerprint density at radius 3 is 2.60 bits per heavy atom. The van der Waals surface area contributed by atoms with E-state index in [2.05, 4.69) is 10.1 Å². The molecule has 0 unspecified atom stereocenters. The van der Waals surface area contributed by atoms with Crippen LogP contribution in [0.25, 0.3) is 0 Å². The fourth-order valence-corrected chi connectivity index (χ4v) is 0.703. The molecule has 0 rings (SSSR count). The van der Waals surface area contributed by atoms with Gasteiger partial charge in [0, 0.05) is 13.0 Å². The fourth-order valence-electron chi connectivity index (χ4n) is 0.703. The molecule has 15 heavy (non-hydrogen) atoms. The van der Waals surface area contributed by atoms with Gasteiger partial charge in [0.2, 0.25) is 5.91 Å². The lowest BCUT2D eigenvalue weighted by atomic mass is 10.3. The molecule has 0 saturated heterocycles. The first-order valence-electron chi connectivity index (χ1n) is 4.40. The quantitative estimate of drug-likeness (QED) is 0.650. The Hall–Kier alpha value is -0.820. The number of halogens is 3. The Bertz CT molecular complexity index is 194. The van der Waals surface area contributed by atoms with Crippen molar-refractivity contribution in [2.24, 2.45) is 0 Å². The molecule has 4 nitrogen and oxygen atoms in total. The minimum atomic E-state index is -4.36. The summed E-state index contributed by atoms with van der Waals surface area (Å²) in [6, 6.07) is 0. The maximum atomic E-state index is 11.6. The summed E-state index contributed by atoms with van der Waals surface area (Å²) in [4.78, 5) is 10.9. The van der Waals surface area contributed by atoms with Gasteiger partial charge in [-0.3, -0.25) is 4.79 Å². The van der Waals surface area contributed by atoms with Crippen molar-refractivity contribution in [3.8, 4) is 0 Å². The zero-order valence-electron chi connectivity index (χ0n) is 8.30. The molecule has 0 aromatic rings. The number of ether oxygens (including phenoxy) is 1. The summed E-state index contributed by atoms with van der Waals surface area (Å²) in [6.07, 6.45) is -5.19. The van der Waals surface area contributed by atoms with Crippen molar-refractivity contribution >= 4 is 5.91 Å². The summed E-state index contributed by atoms with van der Waals surface area (Å²) >= 11 is 0. The van der Waals surface area contributed by atoms with Crippen LogP contribution in [0.15, 0.2) is 0 Å². The molecule has 1 atom stereocenters. The molecular weight excluding hydrogens is 215 g/mol. The molecule has 0 aliphatic rings. The second kappa shape index (κ2) is 6.62. The van der Waals surface area contributed by atoms with Crippen LogP contribution in [0.3, 0.4) is 0 Å². The Morgan fingerprint density at radius 2 is 2.13 bits per heavy atom. The molecule has 0 aliphatic carbocycles. The summed E-state index contributed by atoms with van der Waals surface area (Å²) in [5.41, 5.74) is 0. The van der Waals surface area contributed by atoms with Gasteiger partial charge in [0.15, 0.2) is 0 Å². The number of hydrogen-bond donors (Lipinski definition) is 2. The molecule has 0 fully saturated rings. The van der Waals surface area contributed by atoms with Crippen molar-refractivity contribution in [1.82, 2.24) is 5.32 Å². The van der Waals surface area contributed by atoms with E-state index in [1.54, 1.807) is 0 Å². The zero-order chi connectivity index (χ0) is 11.9. The zero-order valence-corrected chi connectivity index (χ0v) is 8.30. The van der Waals surface area contributed by atoms with E-state index in [-0.39, 0.29) is 19.6 Å². The largest absolute Gasteiger partial charge is 0.411 e. The third-order valence-corrected chi connectivity index (χ3v) is 1.33. The third-order valence-electron chi connectivity index (χ3n) is 1.33. The van der Waals surface area contributed by atoms with Gasteiger partial charge >= 0.3 is 6.18 Å². The molecule has 90 valence electrons. The molecule has 2 N–H and O–H groups in total. The molecule has 0 aliphatic heterocycles. The van der Waals surface area contributed by atoms with Crippen LogP contribution < -0.4 is 5.32 Å². The monoisotopic (exact) mass is 229 g/mol. The number of rotatable bonds is 6. The van der Waals surface area contributed by atoms with Gasteiger partial charge in [-0.2, -0.15) is 13.2 Å². The van der Waals surface area contributed by atoms with Crippen LogP contribution in [-0.2, 0) is 9.53 Å². The van der Waals surface area contributed by atoms with Gasteiger partial charge in [-0.05, 0) is 6.92 Å². The smallest absolute Gasteiger partial charge is 0.392 e. The first-order chi connectivity index (χ1) is 6.81. The number of carbonyl (C=O) groups is 1. The summed E-state index contributed by atoms with van der Waals surface area (Å²) in [6.45, 7) is -0.0691. The van der Waals surface area contributed by atoms with Crippen LogP contribution >= 0.6 is 0 Å². The van der Waals surface area contributed by atoms with Crippen molar-refractivity contribution in [1.29, 1.82) is 0 Å². The number of amides is 1. The molecule has 1 amide bonds. The average Bonchev–Trinajstić information content (AvgIpc) is 2.07. The maximum absolute atomic E-state index is 11.6. The molecule has 7 heteroatoms. The number of nitrogens with one attached hydrogen (secondary N) is 1. The molecule has 0 bridgehead atoms. The van der Waals surface area contributed by atoms with Gasteiger partial charge in [-0.15, -0.1) is 0 Å². The lowest BCUT2D eigenvalue weighted by molar-refractivity contribution is -0.174. The van der Waals surface area contributed by atoms with E-state index >= 15 is 0 Å². The highest BCUT2D eigenvalue weighted by atomic mass is 19.4. The average molecular weight is 229 g/mol. The lowest BCUT2D eigenvalue weighted by Gasteiger charge is -2.08. The van der Waals surface area contributed by atoms with Crippen molar-refractivity contribution < 1.29 is 27.8 Å². The van der Waals surface area contributed by atoms with Crippen LogP contribution in [0, 0.1) is 0 Å². The minimum Gasteiger partial charge on any atom is -0.392 e. The number of alkyl halides is 3. The Labute approximate surface area is 85.4 Å². The van der Waals surface area contributed by atoms with Gasteiger partial charge in [-0.25, -0.2) is 0 Å². The second-order valence-corrected chi connectivity index (χ2v) is 3.07. The molecule has 0 heterocycles. The summed E-state index contributed by atoms with van der Waals surface area (Å²) < 4.78 is 39.0. The molecule has 0 saturated carbocycles. The van der Waals surface area contributed by atoms with Crippen molar-refractivity contribution in [2.45, 2.75) is 25.6 Å². The van der Waals surface area contributed by atoms with Gasteiger partial charge in [0.1, 0.15) is 6.61 Å². The van der Waals surface area contributed by atoms with Gasteiger partial charge in [-0.1, -0.05) is 0 Å². The normalized spacial score (nSPS) is 13.7. The van der Waals surface area contributed by atoms with Crippen LogP contribution in [0.1, 0.15) is 13.3 Å². The van der Waals surface area contributed by atoms with Crippen molar-refractivity contribution in [2.75, 3.05) is 19.8 Å². The van der Waals surface area contributed by atoms with Crippen molar-refractivity contribution in [3.63, 3.8) is 0 Å². The van der Waals surface area contributed by atoms with E-state index in [1.165, 1.54) is 6.92 Å². The standard InChI is InChI=1S/C8H14F3NO3/c1-6(13)4-12-7(14)2-3-15-5-8(9,10)11/h6,13H,2-5H2,1H3,(H,12,14)/t6-/m1/s1. The highest BCUT2D eigenvalue weighted by molar-refractivity contribution is 5.75. The first kappa shape index (κ1) is 14.2. The predicted octanol–water partition coefficient (Wildman–Crippen LogP) is 0.452. The Balaban J connectivity index is 3.40. The SMILES string of the molecule is C[C@@H](O)CNC(=O)CCOCC(F)(F)F. The molecule has 0 aromatic carbocycles. The number of carbonyl (C=O) groups excluding carboxylic acids is 1. The molecule has 0 radical (unpaired) electrons. The Kier molecular flexibility index (Phi) is 6.26. The topological polar surface area (TPSA) is 58.6 Å². The van der Waals surface area contributed by atoms with Crippen LogP contribution in [0.4, 0.5) is 13.2 Å². The third kappa shape index (κ3) is 11.1. The number of hydrogen-bond acceptors (Lipinski definition) is 3. The minimum absolute atomic E-state index is 0.0815. The first-order valence-corrected chi connectivity index (χ1v) is 4.40. The Morgan fingerprint density at radius 1 is 1.53 bits per heavy atom. The number of aliphatic hydroxyl groups excluding tert-OH is 1. The lowest BCUT2D eigenvalue weighted by Crippen LogP contribution is -2.31. The van der Waals surface area contributed by atoms with Gasteiger partial charge < -0.3 is 15.2 Å². The number of aliphatic hydroxyl groups is 1. The van der Waals surface area contributed by atoms with E-state index in [1.807, 2.05) is 0 Å². The summed E-state index contributed by atoms with van der Waals surface area (Å²) in [5.74, 6) is -0.446. The van der Waals surface area contributed by atoms with E-state index in [9.17, 15) is 18.0 Å². The van der Waals surface area contributed by atoms with Gasteiger partial charge in [0.25, 0.3) is 0 Å².